The van der Waals surface area contributed by atoms with Crippen LogP contribution in [-0.4, -0.2) is 43.0 Å². The summed E-state index contributed by atoms with van der Waals surface area (Å²) in [7, 11) is 1.55. The van der Waals surface area contributed by atoms with Gasteiger partial charge in [0.15, 0.2) is 0 Å². The molecule has 0 aliphatic heterocycles. The van der Waals surface area contributed by atoms with Gasteiger partial charge in [0.1, 0.15) is 11.9 Å². The van der Waals surface area contributed by atoms with Crippen molar-refractivity contribution in [3.8, 4) is 0 Å². The van der Waals surface area contributed by atoms with Crippen molar-refractivity contribution < 1.29 is 18.7 Å². The summed E-state index contributed by atoms with van der Waals surface area (Å²) in [5, 5.41) is 2.70. The highest BCUT2D eigenvalue weighted by Crippen LogP contribution is 2.10. The molecule has 0 heterocycles. The number of carbonyl (C=O) groups excluding carboxylic acids is 2. The van der Waals surface area contributed by atoms with Gasteiger partial charge in [-0.1, -0.05) is 12.1 Å². The number of nitrogens with one attached hydrogen (secondary N) is 1. The van der Waals surface area contributed by atoms with E-state index in [2.05, 4.69) is 5.32 Å². The Hall–Kier alpha value is -1.95. The molecule has 1 rings (SSSR count). The molecule has 1 N–H and O–H groups in total. The van der Waals surface area contributed by atoms with Crippen molar-refractivity contribution in [2.24, 2.45) is 0 Å². The first kappa shape index (κ1) is 17.1. The summed E-state index contributed by atoms with van der Waals surface area (Å²) in [4.78, 5) is 25.2. The first-order chi connectivity index (χ1) is 9.95. The fourth-order valence-corrected chi connectivity index (χ4v) is 1.87. The zero-order valence-corrected chi connectivity index (χ0v) is 12.6. The molecular formula is C15H21FN2O3. The van der Waals surface area contributed by atoms with Crippen molar-refractivity contribution in [2.45, 2.75) is 26.4 Å². The Morgan fingerprint density at radius 1 is 1.33 bits per heavy atom. The molecule has 116 valence electrons. The average Bonchev–Trinajstić information content (AvgIpc) is 2.45. The third-order valence-corrected chi connectivity index (χ3v) is 3.12. The number of rotatable bonds is 7. The van der Waals surface area contributed by atoms with Gasteiger partial charge in [0.2, 0.25) is 11.8 Å². The standard InChI is InChI=1S/C15H21FN2O3/c1-11(15(20)17-8-9-21-3)18(12(2)19)10-13-4-6-14(16)7-5-13/h4-7,11H,8-10H2,1-3H3,(H,17,20). The molecule has 0 spiro atoms. The first-order valence-electron chi connectivity index (χ1n) is 6.74. The summed E-state index contributed by atoms with van der Waals surface area (Å²) in [6, 6.07) is 5.25. The molecule has 5 nitrogen and oxygen atoms in total. The second kappa shape index (κ2) is 8.36. The van der Waals surface area contributed by atoms with Gasteiger partial charge >= 0.3 is 0 Å². The Kier molecular flexibility index (Phi) is 6.81. The van der Waals surface area contributed by atoms with Gasteiger partial charge in [-0.3, -0.25) is 9.59 Å². The second-order valence-electron chi connectivity index (χ2n) is 4.73. The molecule has 1 unspecified atom stereocenters. The Balaban J connectivity index is 2.69. The molecule has 1 aromatic rings. The Morgan fingerprint density at radius 2 is 1.95 bits per heavy atom. The van der Waals surface area contributed by atoms with E-state index in [0.29, 0.717) is 13.2 Å². The van der Waals surface area contributed by atoms with E-state index in [0.717, 1.165) is 5.56 Å². The van der Waals surface area contributed by atoms with Crippen LogP contribution < -0.4 is 5.32 Å². The molecule has 0 saturated heterocycles. The Morgan fingerprint density at radius 3 is 2.48 bits per heavy atom. The number of halogens is 1. The van der Waals surface area contributed by atoms with Gasteiger partial charge in [-0.15, -0.1) is 0 Å². The first-order valence-corrected chi connectivity index (χ1v) is 6.74. The lowest BCUT2D eigenvalue weighted by atomic mass is 10.1. The summed E-state index contributed by atoms with van der Waals surface area (Å²) in [5.74, 6) is -0.795. The lowest BCUT2D eigenvalue weighted by Crippen LogP contribution is -2.47. The third-order valence-electron chi connectivity index (χ3n) is 3.12. The van der Waals surface area contributed by atoms with Gasteiger partial charge in [0.05, 0.1) is 6.61 Å². The number of methoxy groups -OCH3 is 1. The minimum Gasteiger partial charge on any atom is -0.383 e. The second-order valence-corrected chi connectivity index (χ2v) is 4.73. The van der Waals surface area contributed by atoms with Crippen molar-refractivity contribution in [2.75, 3.05) is 20.3 Å². The van der Waals surface area contributed by atoms with Crippen LogP contribution in [0.1, 0.15) is 19.4 Å². The van der Waals surface area contributed by atoms with Crippen LogP contribution in [-0.2, 0) is 20.9 Å². The Bertz CT molecular complexity index is 476. The van der Waals surface area contributed by atoms with E-state index >= 15 is 0 Å². The lowest BCUT2D eigenvalue weighted by Gasteiger charge is -2.27. The fourth-order valence-electron chi connectivity index (χ4n) is 1.87. The van der Waals surface area contributed by atoms with Crippen molar-refractivity contribution in [3.63, 3.8) is 0 Å². The number of benzene rings is 1. The molecule has 1 atom stereocenters. The topological polar surface area (TPSA) is 58.6 Å². The highest BCUT2D eigenvalue weighted by molar-refractivity contribution is 5.86. The Labute approximate surface area is 124 Å². The van der Waals surface area contributed by atoms with E-state index in [9.17, 15) is 14.0 Å². The van der Waals surface area contributed by atoms with Crippen LogP contribution in [0.3, 0.4) is 0 Å². The fraction of sp³-hybridized carbons (Fsp3) is 0.467. The van der Waals surface area contributed by atoms with Crippen LogP contribution in [0, 0.1) is 5.82 Å². The average molecular weight is 296 g/mol. The third kappa shape index (κ3) is 5.51. The van der Waals surface area contributed by atoms with Crippen LogP contribution in [0.25, 0.3) is 0 Å². The van der Waals surface area contributed by atoms with Crippen LogP contribution >= 0.6 is 0 Å². The van der Waals surface area contributed by atoms with Gasteiger partial charge in [-0.25, -0.2) is 4.39 Å². The van der Waals surface area contributed by atoms with Crippen molar-refractivity contribution in [1.29, 1.82) is 0 Å². The van der Waals surface area contributed by atoms with E-state index in [1.165, 1.54) is 24.0 Å². The van der Waals surface area contributed by atoms with E-state index in [4.69, 9.17) is 4.74 Å². The molecule has 0 saturated carbocycles. The molecule has 2 amide bonds. The molecule has 0 radical (unpaired) electrons. The number of amides is 2. The molecule has 6 heteroatoms. The predicted octanol–water partition coefficient (Wildman–Crippen LogP) is 1.33. The number of hydrogen-bond donors (Lipinski definition) is 1. The molecule has 0 fully saturated rings. The number of ether oxygens (including phenoxy) is 1. The molecule has 0 aliphatic rings. The zero-order valence-electron chi connectivity index (χ0n) is 12.6. The van der Waals surface area contributed by atoms with E-state index in [-0.39, 0.29) is 24.2 Å². The molecule has 1 aromatic carbocycles. The van der Waals surface area contributed by atoms with Gasteiger partial charge in [0, 0.05) is 27.1 Å². The SMILES string of the molecule is COCCNC(=O)C(C)N(Cc1ccc(F)cc1)C(C)=O. The molecular weight excluding hydrogens is 275 g/mol. The summed E-state index contributed by atoms with van der Waals surface area (Å²) in [6.45, 7) is 4.13. The lowest BCUT2D eigenvalue weighted by molar-refractivity contribution is -0.139. The highest BCUT2D eigenvalue weighted by atomic mass is 19.1. The van der Waals surface area contributed by atoms with Crippen molar-refractivity contribution in [1.82, 2.24) is 10.2 Å². The predicted molar refractivity (Wildman–Crippen MR) is 77.0 cm³/mol. The van der Waals surface area contributed by atoms with Crippen molar-refractivity contribution in [3.05, 3.63) is 35.6 Å². The number of nitrogens with zero attached hydrogens (tertiary/aromatic N) is 1. The van der Waals surface area contributed by atoms with Crippen LogP contribution in [0.15, 0.2) is 24.3 Å². The molecule has 0 bridgehead atoms. The van der Waals surface area contributed by atoms with Gasteiger partial charge in [-0.05, 0) is 24.6 Å². The summed E-state index contributed by atoms with van der Waals surface area (Å²) < 4.78 is 17.7. The van der Waals surface area contributed by atoms with E-state index in [1.807, 2.05) is 0 Å². The maximum Gasteiger partial charge on any atom is 0.242 e. The summed E-state index contributed by atoms with van der Waals surface area (Å²) in [5.41, 5.74) is 0.767. The molecule has 0 aromatic heterocycles. The van der Waals surface area contributed by atoms with Gasteiger partial charge in [0.25, 0.3) is 0 Å². The quantitative estimate of drug-likeness (QED) is 0.772. The van der Waals surface area contributed by atoms with Crippen molar-refractivity contribution >= 4 is 11.8 Å². The molecule has 0 aliphatic carbocycles. The highest BCUT2D eigenvalue weighted by Gasteiger charge is 2.23. The van der Waals surface area contributed by atoms with Crippen LogP contribution in [0.2, 0.25) is 0 Å². The maximum absolute atomic E-state index is 12.9. The minimum atomic E-state index is -0.607. The monoisotopic (exact) mass is 296 g/mol. The minimum absolute atomic E-state index is 0.214. The maximum atomic E-state index is 12.9. The molecule has 21 heavy (non-hydrogen) atoms. The zero-order chi connectivity index (χ0) is 15.8. The van der Waals surface area contributed by atoms with E-state index in [1.54, 1.807) is 26.2 Å². The summed E-state index contributed by atoms with van der Waals surface area (Å²) >= 11 is 0. The van der Waals surface area contributed by atoms with Gasteiger partial charge < -0.3 is 15.0 Å². The van der Waals surface area contributed by atoms with Crippen LogP contribution in [0.5, 0.6) is 0 Å². The summed E-state index contributed by atoms with van der Waals surface area (Å²) in [6.07, 6.45) is 0. The number of hydrogen-bond acceptors (Lipinski definition) is 3. The van der Waals surface area contributed by atoms with E-state index < -0.39 is 6.04 Å². The number of carbonyl (C=O) groups is 2. The largest absolute Gasteiger partial charge is 0.383 e. The van der Waals surface area contributed by atoms with Gasteiger partial charge in [-0.2, -0.15) is 0 Å². The normalized spacial score (nSPS) is 11.8. The smallest absolute Gasteiger partial charge is 0.242 e. The van der Waals surface area contributed by atoms with Crippen LogP contribution in [0.4, 0.5) is 4.39 Å².